The van der Waals surface area contributed by atoms with Gasteiger partial charge >= 0.3 is 6.03 Å². The molecule has 0 spiro atoms. The van der Waals surface area contributed by atoms with Gasteiger partial charge in [0.15, 0.2) is 0 Å². The highest BCUT2D eigenvalue weighted by atomic mass is 35.5. The zero-order valence-corrected chi connectivity index (χ0v) is 13.6. The molecule has 0 saturated heterocycles. The van der Waals surface area contributed by atoms with Crippen molar-refractivity contribution in [3.05, 3.63) is 83.5 Å². The maximum Gasteiger partial charge on any atom is 0.322 e. The van der Waals surface area contributed by atoms with Gasteiger partial charge in [-0.1, -0.05) is 17.7 Å². The Balaban J connectivity index is 1.74. The predicted octanol–water partition coefficient (Wildman–Crippen LogP) is 4.56. The molecule has 1 aromatic carbocycles. The molecule has 0 fully saturated rings. The van der Waals surface area contributed by atoms with Crippen LogP contribution in [0, 0.1) is 0 Å². The van der Waals surface area contributed by atoms with E-state index in [1.54, 1.807) is 47.7 Å². The first-order chi connectivity index (χ1) is 11.7. The molecule has 1 N–H and O–H groups in total. The third-order valence-corrected chi connectivity index (χ3v) is 3.64. The Morgan fingerprint density at radius 1 is 1.08 bits per heavy atom. The summed E-state index contributed by atoms with van der Waals surface area (Å²) in [6.45, 7) is 0.726. The van der Waals surface area contributed by atoms with Gasteiger partial charge in [0.25, 0.3) is 0 Å². The number of anilines is 1. The number of amides is 2. The number of carbonyl (C=O) groups is 1. The molecule has 3 rings (SSSR count). The summed E-state index contributed by atoms with van der Waals surface area (Å²) in [6, 6.07) is 16.0. The quantitative estimate of drug-likeness (QED) is 0.740. The zero-order valence-electron chi connectivity index (χ0n) is 12.9. The summed E-state index contributed by atoms with van der Waals surface area (Å²) in [5.41, 5.74) is 1.48. The fraction of sp³-hybridized carbons (Fsp3) is 0.111. The van der Waals surface area contributed by atoms with E-state index in [2.05, 4.69) is 10.3 Å². The minimum absolute atomic E-state index is 0.237. The minimum atomic E-state index is -0.237. The van der Waals surface area contributed by atoms with Crippen LogP contribution in [0.2, 0.25) is 5.02 Å². The van der Waals surface area contributed by atoms with Crippen molar-refractivity contribution in [3.63, 3.8) is 0 Å². The lowest BCUT2D eigenvalue weighted by atomic mass is 10.3. The molecule has 3 aromatic rings. The van der Waals surface area contributed by atoms with Crippen LogP contribution in [0.15, 0.2) is 71.5 Å². The molecule has 2 amide bonds. The Kier molecular flexibility index (Phi) is 5.13. The second kappa shape index (κ2) is 7.66. The highest BCUT2D eigenvalue weighted by molar-refractivity contribution is 6.30. The molecular formula is C18H16ClN3O2. The van der Waals surface area contributed by atoms with E-state index < -0.39 is 0 Å². The molecule has 0 aliphatic rings. The van der Waals surface area contributed by atoms with Crippen LogP contribution in [0.1, 0.15) is 11.5 Å². The van der Waals surface area contributed by atoms with Crippen molar-refractivity contribution in [2.24, 2.45) is 0 Å². The first kappa shape index (κ1) is 16.1. The number of hydrogen-bond acceptors (Lipinski definition) is 3. The molecule has 0 unspecified atom stereocenters. The molecular weight excluding hydrogens is 326 g/mol. The summed E-state index contributed by atoms with van der Waals surface area (Å²) in [7, 11) is 0. The van der Waals surface area contributed by atoms with Gasteiger partial charge in [-0.25, -0.2) is 4.79 Å². The van der Waals surface area contributed by atoms with Crippen molar-refractivity contribution in [3.8, 4) is 0 Å². The summed E-state index contributed by atoms with van der Waals surface area (Å²) in [5.74, 6) is 0.706. The third-order valence-electron chi connectivity index (χ3n) is 3.39. The van der Waals surface area contributed by atoms with Crippen molar-refractivity contribution in [1.82, 2.24) is 9.88 Å². The standard InChI is InChI=1S/C18H16ClN3O2/c19-14-6-8-15(9-7-14)21-18(23)22(13-17-5-3-11-24-17)12-16-4-1-2-10-20-16/h1-11H,12-13H2,(H,21,23). The topological polar surface area (TPSA) is 58.4 Å². The van der Waals surface area contributed by atoms with Gasteiger partial charge in [-0.15, -0.1) is 0 Å². The third kappa shape index (κ3) is 4.36. The van der Waals surface area contributed by atoms with E-state index in [0.717, 1.165) is 5.69 Å². The fourth-order valence-electron chi connectivity index (χ4n) is 2.21. The summed E-state index contributed by atoms with van der Waals surface area (Å²) in [5, 5.41) is 3.48. The average Bonchev–Trinajstić information content (AvgIpc) is 3.10. The second-order valence-corrected chi connectivity index (χ2v) is 5.63. The molecule has 122 valence electrons. The number of furan rings is 1. The zero-order chi connectivity index (χ0) is 16.8. The number of benzene rings is 1. The molecule has 0 aliphatic heterocycles. The van der Waals surface area contributed by atoms with Crippen LogP contribution in [0.3, 0.4) is 0 Å². The van der Waals surface area contributed by atoms with Crippen molar-refractivity contribution in [1.29, 1.82) is 0 Å². The highest BCUT2D eigenvalue weighted by Crippen LogP contribution is 2.16. The molecule has 0 radical (unpaired) electrons. The van der Waals surface area contributed by atoms with Crippen molar-refractivity contribution in [2.75, 3.05) is 5.32 Å². The van der Waals surface area contributed by atoms with E-state index in [1.165, 1.54) is 0 Å². The number of pyridine rings is 1. The second-order valence-electron chi connectivity index (χ2n) is 5.19. The number of rotatable bonds is 5. The summed E-state index contributed by atoms with van der Waals surface area (Å²) < 4.78 is 5.36. The summed E-state index contributed by atoms with van der Waals surface area (Å²) >= 11 is 5.87. The van der Waals surface area contributed by atoms with Gasteiger partial charge in [-0.05, 0) is 48.5 Å². The Morgan fingerprint density at radius 3 is 2.58 bits per heavy atom. The first-order valence-electron chi connectivity index (χ1n) is 7.44. The van der Waals surface area contributed by atoms with Crippen molar-refractivity contribution >= 4 is 23.3 Å². The fourth-order valence-corrected chi connectivity index (χ4v) is 2.34. The maximum atomic E-state index is 12.6. The summed E-state index contributed by atoms with van der Waals surface area (Å²) in [4.78, 5) is 18.6. The normalized spacial score (nSPS) is 10.4. The number of carbonyl (C=O) groups excluding carboxylic acids is 1. The van der Waals surface area contributed by atoms with Gasteiger partial charge in [0, 0.05) is 16.9 Å². The van der Waals surface area contributed by atoms with E-state index >= 15 is 0 Å². The molecule has 0 bridgehead atoms. The largest absolute Gasteiger partial charge is 0.467 e. The minimum Gasteiger partial charge on any atom is -0.467 e. The number of nitrogens with one attached hydrogen (secondary N) is 1. The monoisotopic (exact) mass is 341 g/mol. The van der Waals surface area contributed by atoms with Gasteiger partial charge < -0.3 is 14.6 Å². The lowest BCUT2D eigenvalue weighted by molar-refractivity contribution is 0.200. The maximum absolute atomic E-state index is 12.6. The van der Waals surface area contributed by atoms with Crippen LogP contribution in [0.4, 0.5) is 10.5 Å². The van der Waals surface area contributed by atoms with Crippen LogP contribution >= 0.6 is 11.6 Å². The molecule has 24 heavy (non-hydrogen) atoms. The number of aromatic nitrogens is 1. The lowest BCUT2D eigenvalue weighted by Gasteiger charge is -2.22. The predicted molar refractivity (Wildman–Crippen MR) is 92.7 cm³/mol. The number of halogens is 1. The molecule has 6 heteroatoms. The van der Waals surface area contributed by atoms with E-state index in [0.29, 0.717) is 29.6 Å². The Morgan fingerprint density at radius 2 is 1.92 bits per heavy atom. The van der Waals surface area contributed by atoms with E-state index in [1.807, 2.05) is 24.3 Å². The van der Waals surface area contributed by atoms with Crippen molar-refractivity contribution in [2.45, 2.75) is 13.1 Å². The molecule has 2 heterocycles. The molecule has 0 saturated carbocycles. The SMILES string of the molecule is O=C(Nc1ccc(Cl)cc1)N(Cc1ccccn1)Cc1ccco1. The van der Waals surface area contributed by atoms with Gasteiger partial charge in [0.05, 0.1) is 25.0 Å². The van der Waals surface area contributed by atoms with Crippen LogP contribution in [-0.2, 0) is 13.1 Å². The number of urea groups is 1. The Hall–Kier alpha value is -2.79. The van der Waals surface area contributed by atoms with E-state index in [9.17, 15) is 4.79 Å². The number of hydrogen-bond donors (Lipinski definition) is 1. The first-order valence-corrected chi connectivity index (χ1v) is 7.82. The lowest BCUT2D eigenvalue weighted by Crippen LogP contribution is -2.34. The summed E-state index contributed by atoms with van der Waals surface area (Å²) in [6.07, 6.45) is 3.29. The van der Waals surface area contributed by atoms with Crippen LogP contribution in [-0.4, -0.2) is 15.9 Å². The van der Waals surface area contributed by atoms with Crippen LogP contribution in [0.5, 0.6) is 0 Å². The van der Waals surface area contributed by atoms with E-state index in [-0.39, 0.29) is 6.03 Å². The van der Waals surface area contributed by atoms with Gasteiger partial charge in [0.1, 0.15) is 5.76 Å². The Labute approximate surface area is 144 Å². The average molecular weight is 342 g/mol. The van der Waals surface area contributed by atoms with E-state index in [4.69, 9.17) is 16.0 Å². The smallest absolute Gasteiger partial charge is 0.322 e. The molecule has 5 nitrogen and oxygen atoms in total. The highest BCUT2D eigenvalue weighted by Gasteiger charge is 2.16. The molecule has 0 aliphatic carbocycles. The van der Waals surface area contributed by atoms with Gasteiger partial charge in [-0.3, -0.25) is 4.98 Å². The van der Waals surface area contributed by atoms with Crippen LogP contribution < -0.4 is 5.32 Å². The van der Waals surface area contributed by atoms with Gasteiger partial charge in [0.2, 0.25) is 0 Å². The van der Waals surface area contributed by atoms with Crippen molar-refractivity contribution < 1.29 is 9.21 Å². The Bertz CT molecular complexity index is 774. The number of nitrogens with zero attached hydrogens (tertiary/aromatic N) is 2. The molecule has 2 aromatic heterocycles. The molecule has 0 atom stereocenters. The van der Waals surface area contributed by atoms with Gasteiger partial charge in [-0.2, -0.15) is 0 Å². The van der Waals surface area contributed by atoms with Crippen LogP contribution in [0.25, 0.3) is 0 Å².